The fourth-order valence-corrected chi connectivity index (χ4v) is 1.90. The summed E-state index contributed by atoms with van der Waals surface area (Å²) >= 11 is 0. The molecule has 1 amide bonds. The third-order valence-corrected chi connectivity index (χ3v) is 3.30. The summed E-state index contributed by atoms with van der Waals surface area (Å²) in [5.41, 5.74) is 3.49. The quantitative estimate of drug-likeness (QED) is 0.840. The lowest BCUT2D eigenvalue weighted by Crippen LogP contribution is -2.35. The summed E-state index contributed by atoms with van der Waals surface area (Å²) in [5, 5.41) is 12.1. The second-order valence-corrected chi connectivity index (χ2v) is 5.18. The van der Waals surface area contributed by atoms with Crippen molar-refractivity contribution in [3.05, 3.63) is 34.9 Å². The van der Waals surface area contributed by atoms with Crippen molar-refractivity contribution < 1.29 is 9.90 Å². The number of aliphatic hydroxyl groups excluding tert-OH is 1. The van der Waals surface area contributed by atoms with Crippen molar-refractivity contribution in [2.24, 2.45) is 11.8 Å². The number of aliphatic hydroxyl groups is 1. The number of benzene rings is 1. The summed E-state index contributed by atoms with van der Waals surface area (Å²) in [6.07, 6.45) is 0. The summed E-state index contributed by atoms with van der Waals surface area (Å²) in [6, 6.07) is 6.20. The summed E-state index contributed by atoms with van der Waals surface area (Å²) in [5.74, 6) is -0.253. The minimum Gasteiger partial charge on any atom is -0.396 e. The van der Waals surface area contributed by atoms with Crippen molar-refractivity contribution in [3.63, 3.8) is 0 Å². The Labute approximate surface area is 109 Å². The highest BCUT2D eigenvalue weighted by Gasteiger charge is 2.20. The van der Waals surface area contributed by atoms with Gasteiger partial charge in [0.2, 0.25) is 5.91 Å². The van der Waals surface area contributed by atoms with Crippen molar-refractivity contribution in [3.8, 4) is 0 Å². The van der Waals surface area contributed by atoms with Crippen LogP contribution in [0.15, 0.2) is 18.2 Å². The van der Waals surface area contributed by atoms with Gasteiger partial charge in [-0.05, 0) is 30.9 Å². The first-order valence-corrected chi connectivity index (χ1v) is 6.40. The molecule has 1 aromatic carbocycles. The number of carbonyl (C=O) groups excluding carboxylic acids is 1. The topological polar surface area (TPSA) is 49.3 Å². The molecule has 0 radical (unpaired) electrons. The van der Waals surface area contributed by atoms with E-state index in [0.29, 0.717) is 6.54 Å². The lowest BCUT2D eigenvalue weighted by molar-refractivity contribution is -0.127. The fourth-order valence-electron chi connectivity index (χ4n) is 1.90. The Morgan fingerprint density at radius 3 is 2.56 bits per heavy atom. The van der Waals surface area contributed by atoms with Crippen LogP contribution in [-0.2, 0) is 11.3 Å². The summed E-state index contributed by atoms with van der Waals surface area (Å²) in [7, 11) is 0. The third-order valence-electron chi connectivity index (χ3n) is 3.30. The number of rotatable bonds is 5. The molecule has 3 heteroatoms. The second kappa shape index (κ2) is 6.55. The van der Waals surface area contributed by atoms with Crippen LogP contribution in [0, 0.1) is 25.7 Å². The number of aryl methyl sites for hydroxylation is 2. The SMILES string of the molecule is Cc1ccc(C)c(CNC(=O)C(CO)C(C)C)c1. The van der Waals surface area contributed by atoms with E-state index in [1.54, 1.807) is 0 Å². The van der Waals surface area contributed by atoms with Crippen molar-refractivity contribution in [1.82, 2.24) is 5.32 Å². The zero-order valence-electron chi connectivity index (χ0n) is 11.7. The summed E-state index contributed by atoms with van der Waals surface area (Å²) < 4.78 is 0. The van der Waals surface area contributed by atoms with E-state index < -0.39 is 0 Å². The third kappa shape index (κ3) is 3.84. The molecule has 18 heavy (non-hydrogen) atoms. The van der Waals surface area contributed by atoms with Crippen LogP contribution in [0.4, 0.5) is 0 Å². The van der Waals surface area contributed by atoms with E-state index in [1.807, 2.05) is 27.7 Å². The molecule has 1 aromatic rings. The van der Waals surface area contributed by atoms with Gasteiger partial charge in [-0.1, -0.05) is 37.6 Å². The van der Waals surface area contributed by atoms with E-state index >= 15 is 0 Å². The molecular weight excluding hydrogens is 226 g/mol. The molecule has 0 heterocycles. The number of carbonyl (C=O) groups is 1. The molecular formula is C15H23NO2. The Morgan fingerprint density at radius 1 is 1.33 bits per heavy atom. The minimum absolute atomic E-state index is 0.0755. The molecule has 100 valence electrons. The van der Waals surface area contributed by atoms with Crippen LogP contribution in [0.5, 0.6) is 0 Å². The van der Waals surface area contributed by atoms with E-state index in [1.165, 1.54) is 11.1 Å². The predicted octanol–water partition coefficient (Wildman–Crippen LogP) is 2.18. The number of hydrogen-bond donors (Lipinski definition) is 2. The average molecular weight is 249 g/mol. The molecule has 1 atom stereocenters. The van der Waals surface area contributed by atoms with Crippen LogP contribution in [0.3, 0.4) is 0 Å². The van der Waals surface area contributed by atoms with Gasteiger partial charge in [0.05, 0.1) is 12.5 Å². The Morgan fingerprint density at radius 2 is 2.00 bits per heavy atom. The number of amides is 1. The molecule has 2 N–H and O–H groups in total. The highest BCUT2D eigenvalue weighted by Crippen LogP contribution is 2.13. The zero-order chi connectivity index (χ0) is 13.7. The van der Waals surface area contributed by atoms with Gasteiger partial charge in [0.15, 0.2) is 0 Å². The molecule has 0 saturated carbocycles. The number of nitrogens with one attached hydrogen (secondary N) is 1. The van der Waals surface area contributed by atoms with Gasteiger partial charge < -0.3 is 10.4 Å². The highest BCUT2D eigenvalue weighted by molar-refractivity contribution is 5.79. The van der Waals surface area contributed by atoms with Crippen LogP contribution in [0.2, 0.25) is 0 Å². The first-order valence-electron chi connectivity index (χ1n) is 6.40. The van der Waals surface area contributed by atoms with Crippen molar-refractivity contribution >= 4 is 5.91 Å². The standard InChI is InChI=1S/C15H23NO2/c1-10(2)14(9-17)15(18)16-8-13-7-11(3)5-6-12(13)4/h5-7,10,14,17H,8-9H2,1-4H3,(H,16,18). The van der Waals surface area contributed by atoms with Crippen LogP contribution >= 0.6 is 0 Å². The van der Waals surface area contributed by atoms with E-state index in [-0.39, 0.29) is 24.3 Å². The normalized spacial score (nSPS) is 12.6. The van der Waals surface area contributed by atoms with Crippen LogP contribution in [0.1, 0.15) is 30.5 Å². The van der Waals surface area contributed by atoms with E-state index in [4.69, 9.17) is 0 Å². The lowest BCUT2D eigenvalue weighted by Gasteiger charge is -2.18. The van der Waals surface area contributed by atoms with Crippen LogP contribution in [0.25, 0.3) is 0 Å². The smallest absolute Gasteiger partial charge is 0.225 e. The molecule has 0 saturated heterocycles. The molecule has 1 unspecified atom stereocenters. The Balaban J connectivity index is 2.64. The van der Waals surface area contributed by atoms with Gasteiger partial charge in [0.1, 0.15) is 0 Å². The summed E-state index contributed by atoms with van der Waals surface area (Å²) in [6.45, 7) is 8.38. The molecule has 0 fully saturated rings. The van der Waals surface area contributed by atoms with Crippen molar-refractivity contribution in [1.29, 1.82) is 0 Å². The van der Waals surface area contributed by atoms with Gasteiger partial charge >= 0.3 is 0 Å². The average Bonchev–Trinajstić information content (AvgIpc) is 2.30. The predicted molar refractivity (Wildman–Crippen MR) is 73.2 cm³/mol. The highest BCUT2D eigenvalue weighted by atomic mass is 16.3. The van der Waals surface area contributed by atoms with E-state index in [0.717, 1.165) is 5.56 Å². The molecule has 0 spiro atoms. The first-order chi connectivity index (χ1) is 8.45. The maximum atomic E-state index is 11.9. The lowest BCUT2D eigenvalue weighted by atomic mass is 9.95. The number of hydrogen-bond acceptors (Lipinski definition) is 2. The minimum atomic E-state index is -0.324. The maximum Gasteiger partial charge on any atom is 0.225 e. The van der Waals surface area contributed by atoms with Gasteiger partial charge in [0.25, 0.3) is 0 Å². The molecule has 1 rings (SSSR count). The summed E-state index contributed by atoms with van der Waals surface area (Å²) in [4.78, 5) is 11.9. The first kappa shape index (κ1) is 14.7. The Hall–Kier alpha value is -1.35. The zero-order valence-corrected chi connectivity index (χ0v) is 11.7. The maximum absolute atomic E-state index is 11.9. The molecule has 0 aromatic heterocycles. The van der Waals surface area contributed by atoms with Gasteiger partial charge in [0, 0.05) is 6.54 Å². The molecule has 0 aliphatic carbocycles. The molecule has 0 aliphatic rings. The van der Waals surface area contributed by atoms with Crippen molar-refractivity contribution in [2.45, 2.75) is 34.2 Å². The van der Waals surface area contributed by atoms with Crippen LogP contribution < -0.4 is 5.32 Å². The van der Waals surface area contributed by atoms with E-state index in [2.05, 4.69) is 23.5 Å². The molecule has 3 nitrogen and oxygen atoms in total. The van der Waals surface area contributed by atoms with Gasteiger partial charge in [-0.15, -0.1) is 0 Å². The van der Waals surface area contributed by atoms with Gasteiger partial charge in [-0.2, -0.15) is 0 Å². The monoisotopic (exact) mass is 249 g/mol. The van der Waals surface area contributed by atoms with Crippen molar-refractivity contribution in [2.75, 3.05) is 6.61 Å². The molecule has 0 bridgehead atoms. The largest absolute Gasteiger partial charge is 0.396 e. The Kier molecular flexibility index (Phi) is 5.35. The fraction of sp³-hybridized carbons (Fsp3) is 0.533. The van der Waals surface area contributed by atoms with Gasteiger partial charge in [-0.25, -0.2) is 0 Å². The van der Waals surface area contributed by atoms with Crippen LogP contribution in [-0.4, -0.2) is 17.6 Å². The Bertz CT molecular complexity index is 413. The van der Waals surface area contributed by atoms with Gasteiger partial charge in [-0.3, -0.25) is 4.79 Å². The second-order valence-electron chi connectivity index (χ2n) is 5.18. The molecule has 0 aliphatic heterocycles. The van der Waals surface area contributed by atoms with E-state index in [9.17, 15) is 9.90 Å².